The number of aliphatic hydroxyl groups excluding tert-OH is 2. The normalized spacial score (nSPS) is 19.4. The Morgan fingerprint density at radius 3 is 2.54 bits per heavy atom. The molecule has 0 aromatic heterocycles. The van der Waals surface area contributed by atoms with Crippen molar-refractivity contribution in [1.29, 1.82) is 0 Å². The van der Waals surface area contributed by atoms with Crippen LogP contribution in [0, 0.1) is 0 Å². The molecule has 0 aromatic rings. The number of alkyl halides is 3. The van der Waals surface area contributed by atoms with Crippen LogP contribution >= 0.6 is 11.8 Å². The standard InChI is InChI=1S/C17H26F3N3O2S/c1-6-15(12(3)23(7-8-24)10-11(2)25)26-13(4)14-9-16(17(18,19)20)22(5)21-14/h6,9,11,14,21,24-25H,3-4,7-8,10H2,1-2,5H3/b15-6-. The molecule has 26 heavy (non-hydrogen) atoms. The molecule has 1 aliphatic heterocycles. The minimum Gasteiger partial charge on any atom is -0.395 e. The second-order valence-electron chi connectivity index (χ2n) is 5.90. The number of thioether (sulfide) groups is 1. The molecule has 2 atom stereocenters. The summed E-state index contributed by atoms with van der Waals surface area (Å²) in [7, 11) is 1.30. The number of hydrogen-bond acceptors (Lipinski definition) is 6. The summed E-state index contributed by atoms with van der Waals surface area (Å²) in [5, 5.41) is 19.7. The largest absolute Gasteiger partial charge is 0.432 e. The molecule has 0 amide bonds. The van der Waals surface area contributed by atoms with E-state index in [0.29, 0.717) is 15.5 Å². The van der Waals surface area contributed by atoms with Gasteiger partial charge in [-0.15, -0.1) is 0 Å². The van der Waals surface area contributed by atoms with E-state index in [0.717, 1.165) is 11.1 Å². The number of nitrogens with zero attached hydrogens (tertiary/aromatic N) is 2. The Labute approximate surface area is 156 Å². The van der Waals surface area contributed by atoms with Gasteiger partial charge in [0.05, 0.1) is 18.8 Å². The zero-order chi connectivity index (χ0) is 20.1. The summed E-state index contributed by atoms with van der Waals surface area (Å²) in [5.41, 5.74) is 2.52. The van der Waals surface area contributed by atoms with Gasteiger partial charge in [-0.25, -0.2) is 5.43 Å². The molecular formula is C17H26F3N3O2S. The third kappa shape index (κ3) is 6.08. The van der Waals surface area contributed by atoms with Gasteiger partial charge in [0.15, 0.2) is 0 Å². The maximum Gasteiger partial charge on any atom is 0.432 e. The van der Waals surface area contributed by atoms with Gasteiger partial charge in [0.1, 0.15) is 5.70 Å². The van der Waals surface area contributed by atoms with Gasteiger partial charge < -0.3 is 20.1 Å². The van der Waals surface area contributed by atoms with Crippen LogP contribution < -0.4 is 5.43 Å². The van der Waals surface area contributed by atoms with Crippen LogP contribution in [-0.4, -0.2) is 65.2 Å². The van der Waals surface area contributed by atoms with Crippen LogP contribution in [0.5, 0.6) is 0 Å². The number of hydrogen-bond donors (Lipinski definition) is 3. The first-order valence-electron chi connectivity index (χ1n) is 8.06. The van der Waals surface area contributed by atoms with Crippen LogP contribution in [0.4, 0.5) is 13.2 Å². The highest BCUT2D eigenvalue weighted by Gasteiger charge is 2.41. The minimum absolute atomic E-state index is 0.110. The number of halogens is 3. The number of aliphatic hydroxyl groups is 2. The molecule has 1 aliphatic rings. The van der Waals surface area contributed by atoms with E-state index in [9.17, 15) is 23.4 Å². The predicted octanol–water partition coefficient (Wildman–Crippen LogP) is 2.59. The number of rotatable bonds is 9. The van der Waals surface area contributed by atoms with E-state index in [1.165, 1.54) is 18.8 Å². The average Bonchev–Trinajstić information content (AvgIpc) is 2.93. The lowest BCUT2D eigenvalue weighted by atomic mass is 10.2. The van der Waals surface area contributed by atoms with Gasteiger partial charge in [-0.2, -0.15) is 13.2 Å². The van der Waals surface area contributed by atoms with Crippen LogP contribution in [-0.2, 0) is 0 Å². The Bertz CT molecular complexity index is 588. The van der Waals surface area contributed by atoms with Crippen LogP contribution in [0.15, 0.2) is 46.5 Å². The van der Waals surface area contributed by atoms with E-state index in [-0.39, 0.29) is 19.7 Å². The molecule has 1 heterocycles. The zero-order valence-corrected chi connectivity index (χ0v) is 16.0. The maximum absolute atomic E-state index is 13.0. The molecule has 1 rings (SSSR count). The van der Waals surface area contributed by atoms with E-state index in [4.69, 9.17) is 0 Å². The Morgan fingerprint density at radius 2 is 2.12 bits per heavy atom. The van der Waals surface area contributed by atoms with E-state index in [1.807, 2.05) is 0 Å². The average molecular weight is 393 g/mol. The molecule has 0 radical (unpaired) electrons. The summed E-state index contributed by atoms with van der Waals surface area (Å²) >= 11 is 1.21. The molecule has 0 aromatic carbocycles. The molecule has 0 bridgehead atoms. The first kappa shape index (κ1) is 22.6. The molecule has 3 N–H and O–H groups in total. The number of hydrazine groups is 1. The molecule has 2 unspecified atom stereocenters. The monoisotopic (exact) mass is 393 g/mol. The van der Waals surface area contributed by atoms with Gasteiger partial charge >= 0.3 is 6.18 Å². The minimum atomic E-state index is -4.44. The van der Waals surface area contributed by atoms with Crippen molar-refractivity contribution < 1.29 is 23.4 Å². The molecular weight excluding hydrogens is 367 g/mol. The van der Waals surface area contributed by atoms with Crippen LogP contribution in [0.25, 0.3) is 0 Å². The van der Waals surface area contributed by atoms with Crippen molar-refractivity contribution in [3.63, 3.8) is 0 Å². The Kier molecular flexibility index (Phi) is 8.26. The van der Waals surface area contributed by atoms with Crippen LogP contribution in [0.1, 0.15) is 13.8 Å². The lowest BCUT2D eigenvalue weighted by molar-refractivity contribution is -0.110. The van der Waals surface area contributed by atoms with Gasteiger partial charge in [0.2, 0.25) is 0 Å². The van der Waals surface area contributed by atoms with Gasteiger partial charge in [0, 0.05) is 35.6 Å². The first-order chi connectivity index (χ1) is 12.0. The molecule has 0 aliphatic carbocycles. The lowest BCUT2D eigenvalue weighted by Gasteiger charge is -2.29. The van der Waals surface area contributed by atoms with Crippen molar-refractivity contribution in [3.05, 3.63) is 46.5 Å². The third-order valence-electron chi connectivity index (χ3n) is 3.68. The predicted molar refractivity (Wildman–Crippen MR) is 98.8 cm³/mol. The smallest absolute Gasteiger partial charge is 0.395 e. The van der Waals surface area contributed by atoms with Crippen LogP contribution in [0.2, 0.25) is 0 Å². The molecule has 148 valence electrons. The highest BCUT2D eigenvalue weighted by atomic mass is 32.2. The summed E-state index contributed by atoms with van der Waals surface area (Å²) < 4.78 is 38.9. The summed E-state index contributed by atoms with van der Waals surface area (Å²) in [6.07, 6.45) is -2.19. The molecule has 0 fully saturated rings. The van der Waals surface area contributed by atoms with Crippen LogP contribution in [0.3, 0.4) is 0 Å². The molecule has 0 saturated heterocycles. The summed E-state index contributed by atoms with van der Waals surface area (Å²) in [4.78, 5) is 2.90. The van der Waals surface area contributed by atoms with Gasteiger partial charge in [-0.05, 0) is 19.9 Å². The van der Waals surface area contributed by atoms with Crippen molar-refractivity contribution in [2.24, 2.45) is 0 Å². The highest BCUT2D eigenvalue weighted by molar-refractivity contribution is 8.07. The highest BCUT2D eigenvalue weighted by Crippen LogP contribution is 2.37. The van der Waals surface area contributed by atoms with E-state index in [2.05, 4.69) is 18.6 Å². The fourth-order valence-corrected chi connectivity index (χ4v) is 3.35. The Hall–Kier alpha value is -1.42. The fourth-order valence-electron chi connectivity index (χ4n) is 2.46. The van der Waals surface area contributed by atoms with E-state index >= 15 is 0 Å². The van der Waals surface area contributed by atoms with E-state index < -0.39 is 24.0 Å². The Balaban J connectivity index is 2.86. The van der Waals surface area contributed by atoms with Crippen molar-refractivity contribution in [1.82, 2.24) is 15.3 Å². The lowest BCUT2D eigenvalue weighted by Crippen LogP contribution is -2.37. The summed E-state index contributed by atoms with van der Waals surface area (Å²) in [6.45, 7) is 11.8. The van der Waals surface area contributed by atoms with Gasteiger partial charge in [-0.1, -0.05) is 31.0 Å². The topological polar surface area (TPSA) is 59.0 Å². The van der Waals surface area contributed by atoms with Crippen molar-refractivity contribution in [2.75, 3.05) is 26.7 Å². The fraction of sp³-hybridized carbons (Fsp3) is 0.529. The zero-order valence-electron chi connectivity index (χ0n) is 15.2. The molecule has 0 saturated carbocycles. The SMILES string of the molecule is C=C(S/C(=C\C)C(=C)N(CCO)CC(C)O)C1C=C(C(F)(F)F)N(C)N1. The van der Waals surface area contributed by atoms with Crippen molar-refractivity contribution >= 4 is 11.8 Å². The van der Waals surface area contributed by atoms with Crippen molar-refractivity contribution in [3.8, 4) is 0 Å². The molecule has 0 spiro atoms. The summed E-state index contributed by atoms with van der Waals surface area (Å²) in [6, 6.07) is -0.674. The third-order valence-corrected chi connectivity index (χ3v) is 4.89. The number of allylic oxidation sites excluding steroid dienone is 2. The van der Waals surface area contributed by atoms with Gasteiger partial charge in [0.25, 0.3) is 0 Å². The number of nitrogens with one attached hydrogen (secondary N) is 1. The molecule has 9 heteroatoms. The summed E-state index contributed by atoms with van der Waals surface area (Å²) in [5.74, 6) is 0. The maximum atomic E-state index is 13.0. The second kappa shape index (κ2) is 9.50. The molecule has 5 nitrogen and oxygen atoms in total. The van der Waals surface area contributed by atoms with Crippen molar-refractivity contribution in [2.45, 2.75) is 32.2 Å². The second-order valence-corrected chi connectivity index (χ2v) is 7.07. The quantitative estimate of drug-likeness (QED) is 0.524. The van der Waals surface area contributed by atoms with E-state index in [1.54, 1.807) is 24.8 Å². The van der Waals surface area contributed by atoms with Gasteiger partial charge in [-0.3, -0.25) is 0 Å². The Morgan fingerprint density at radius 1 is 1.50 bits per heavy atom. The first-order valence-corrected chi connectivity index (χ1v) is 8.87.